The second-order valence-corrected chi connectivity index (χ2v) is 8.96. The zero-order valence-corrected chi connectivity index (χ0v) is 17.4. The molecule has 2 aromatic carbocycles. The van der Waals surface area contributed by atoms with Gasteiger partial charge in [0.2, 0.25) is 0 Å². The van der Waals surface area contributed by atoms with E-state index in [9.17, 15) is 8.42 Å². The molecule has 0 saturated heterocycles. The van der Waals surface area contributed by atoms with Gasteiger partial charge < -0.3 is 5.73 Å². The maximum Gasteiger partial charge on any atom is 0.268 e. The van der Waals surface area contributed by atoms with Gasteiger partial charge in [0.15, 0.2) is 0 Å². The number of nitrogens with two attached hydrogens (primary N) is 1. The highest BCUT2D eigenvalue weighted by Crippen LogP contribution is 2.27. The summed E-state index contributed by atoms with van der Waals surface area (Å²) in [4.78, 5) is 6.66. The molecule has 0 aliphatic rings. The number of rotatable bonds is 8. The van der Waals surface area contributed by atoms with Crippen molar-refractivity contribution in [3.05, 3.63) is 96.4 Å². The Morgan fingerprint density at radius 2 is 1.70 bits per heavy atom. The molecule has 4 aromatic rings. The quantitative estimate of drug-likeness (QED) is 0.473. The molecular weight excluding hydrogens is 396 g/mol. The molecule has 154 valence electrons. The number of benzene rings is 2. The second kappa shape index (κ2) is 8.79. The molecule has 7 heteroatoms. The Morgan fingerprint density at radius 3 is 2.43 bits per heavy atom. The van der Waals surface area contributed by atoms with Crippen molar-refractivity contribution in [3.63, 3.8) is 0 Å². The number of para-hydroxylation sites is 1. The van der Waals surface area contributed by atoms with Crippen molar-refractivity contribution in [2.24, 2.45) is 5.73 Å². The number of fused-ring (bicyclic) bond motifs is 1. The van der Waals surface area contributed by atoms with Gasteiger partial charge in [-0.05, 0) is 35.4 Å². The first-order valence-corrected chi connectivity index (χ1v) is 11.2. The van der Waals surface area contributed by atoms with Gasteiger partial charge in [0, 0.05) is 50.2 Å². The largest absolute Gasteiger partial charge is 0.329 e. The van der Waals surface area contributed by atoms with Gasteiger partial charge in [-0.3, -0.25) is 9.88 Å². The predicted octanol–water partition coefficient (Wildman–Crippen LogP) is 3.23. The van der Waals surface area contributed by atoms with Crippen molar-refractivity contribution >= 4 is 20.9 Å². The molecule has 30 heavy (non-hydrogen) atoms. The van der Waals surface area contributed by atoms with E-state index in [-0.39, 0.29) is 4.90 Å². The lowest BCUT2D eigenvalue weighted by Gasteiger charge is -2.21. The van der Waals surface area contributed by atoms with Crippen LogP contribution in [0.25, 0.3) is 10.9 Å². The van der Waals surface area contributed by atoms with Crippen LogP contribution in [-0.2, 0) is 23.1 Å². The Balaban J connectivity index is 1.73. The minimum atomic E-state index is -3.69. The van der Waals surface area contributed by atoms with Gasteiger partial charge in [-0.2, -0.15) is 0 Å². The van der Waals surface area contributed by atoms with E-state index in [0.717, 1.165) is 16.5 Å². The minimum absolute atomic E-state index is 0.270. The highest BCUT2D eigenvalue weighted by atomic mass is 32.2. The fourth-order valence-electron chi connectivity index (χ4n) is 3.64. The standard InChI is InChI=1S/C23H24N4O2S/c24-12-14-26(16-19-7-6-13-25-15-19)17-20-18-27(23-11-5-4-10-22(20)23)30(28,29)21-8-2-1-3-9-21/h1-11,13,15,18H,12,14,16-17,24H2. The Bertz CT molecular complexity index is 1220. The summed E-state index contributed by atoms with van der Waals surface area (Å²) in [5.74, 6) is 0. The Hall–Kier alpha value is -3.00. The van der Waals surface area contributed by atoms with Gasteiger partial charge >= 0.3 is 0 Å². The number of nitrogens with zero attached hydrogens (tertiary/aromatic N) is 3. The van der Waals surface area contributed by atoms with Gasteiger partial charge in [-0.15, -0.1) is 0 Å². The van der Waals surface area contributed by atoms with E-state index in [1.807, 2.05) is 42.6 Å². The van der Waals surface area contributed by atoms with Gasteiger partial charge in [-0.25, -0.2) is 12.4 Å². The van der Waals surface area contributed by atoms with Crippen molar-refractivity contribution < 1.29 is 8.42 Å². The highest BCUT2D eigenvalue weighted by Gasteiger charge is 2.21. The molecule has 0 fully saturated rings. The molecule has 0 unspecified atom stereocenters. The maximum atomic E-state index is 13.3. The smallest absolute Gasteiger partial charge is 0.268 e. The third-order valence-corrected chi connectivity index (χ3v) is 6.72. The molecule has 0 amide bonds. The van der Waals surface area contributed by atoms with E-state index in [2.05, 4.69) is 9.88 Å². The van der Waals surface area contributed by atoms with Crippen LogP contribution in [0.3, 0.4) is 0 Å². The third kappa shape index (κ3) is 4.14. The van der Waals surface area contributed by atoms with Crippen LogP contribution in [-0.4, -0.2) is 35.4 Å². The van der Waals surface area contributed by atoms with E-state index in [1.165, 1.54) is 3.97 Å². The first kappa shape index (κ1) is 20.3. The topological polar surface area (TPSA) is 81.2 Å². The van der Waals surface area contributed by atoms with Crippen LogP contribution in [0.5, 0.6) is 0 Å². The van der Waals surface area contributed by atoms with E-state index in [1.54, 1.807) is 42.7 Å². The van der Waals surface area contributed by atoms with Crippen LogP contribution in [0.4, 0.5) is 0 Å². The molecule has 0 aliphatic carbocycles. The molecule has 0 spiro atoms. The fourth-order valence-corrected chi connectivity index (χ4v) is 5.05. The minimum Gasteiger partial charge on any atom is -0.329 e. The molecule has 2 N–H and O–H groups in total. The first-order valence-electron chi connectivity index (χ1n) is 9.80. The van der Waals surface area contributed by atoms with Gasteiger partial charge in [0.1, 0.15) is 0 Å². The van der Waals surface area contributed by atoms with Crippen molar-refractivity contribution in [1.82, 2.24) is 13.9 Å². The number of hydrogen-bond acceptors (Lipinski definition) is 5. The summed E-state index contributed by atoms with van der Waals surface area (Å²) in [6.45, 7) is 2.49. The Labute approximate surface area is 176 Å². The molecule has 0 radical (unpaired) electrons. The summed E-state index contributed by atoms with van der Waals surface area (Å²) >= 11 is 0. The van der Waals surface area contributed by atoms with E-state index >= 15 is 0 Å². The number of pyridine rings is 1. The monoisotopic (exact) mass is 420 g/mol. The zero-order chi connectivity index (χ0) is 21.0. The van der Waals surface area contributed by atoms with Crippen molar-refractivity contribution in [2.75, 3.05) is 13.1 Å². The molecule has 2 heterocycles. The van der Waals surface area contributed by atoms with E-state index in [4.69, 9.17) is 5.73 Å². The Morgan fingerprint density at radius 1 is 0.933 bits per heavy atom. The van der Waals surface area contributed by atoms with Crippen molar-refractivity contribution in [2.45, 2.75) is 18.0 Å². The number of aromatic nitrogens is 2. The normalized spacial score (nSPS) is 11.9. The molecule has 6 nitrogen and oxygen atoms in total. The van der Waals surface area contributed by atoms with Crippen LogP contribution in [0, 0.1) is 0 Å². The summed E-state index contributed by atoms with van der Waals surface area (Å²) in [6.07, 6.45) is 5.32. The zero-order valence-electron chi connectivity index (χ0n) is 16.6. The van der Waals surface area contributed by atoms with E-state index in [0.29, 0.717) is 31.7 Å². The molecule has 0 bridgehead atoms. The fraction of sp³-hybridized carbons (Fsp3) is 0.174. The maximum absolute atomic E-state index is 13.3. The lowest BCUT2D eigenvalue weighted by atomic mass is 10.1. The lowest BCUT2D eigenvalue weighted by Crippen LogP contribution is -2.28. The average molecular weight is 421 g/mol. The van der Waals surface area contributed by atoms with Crippen LogP contribution in [0.15, 0.2) is 90.2 Å². The molecule has 0 aliphatic heterocycles. The summed E-state index contributed by atoms with van der Waals surface area (Å²) < 4.78 is 28.0. The summed E-state index contributed by atoms with van der Waals surface area (Å²) in [6, 6.07) is 20.0. The molecule has 2 aromatic heterocycles. The SMILES string of the molecule is NCCN(Cc1cccnc1)Cc1cn(S(=O)(=O)c2ccccc2)c2ccccc12. The predicted molar refractivity (Wildman–Crippen MR) is 118 cm³/mol. The lowest BCUT2D eigenvalue weighted by molar-refractivity contribution is 0.265. The summed E-state index contributed by atoms with van der Waals surface area (Å²) in [5, 5.41) is 0.921. The molecule has 0 atom stereocenters. The summed E-state index contributed by atoms with van der Waals surface area (Å²) in [7, 11) is -3.69. The van der Waals surface area contributed by atoms with Gasteiger partial charge in [0.25, 0.3) is 10.0 Å². The van der Waals surface area contributed by atoms with Crippen LogP contribution < -0.4 is 5.73 Å². The van der Waals surface area contributed by atoms with Gasteiger partial charge in [0.05, 0.1) is 10.4 Å². The first-order chi connectivity index (χ1) is 14.6. The van der Waals surface area contributed by atoms with Crippen LogP contribution in [0.1, 0.15) is 11.1 Å². The number of hydrogen-bond donors (Lipinski definition) is 1. The van der Waals surface area contributed by atoms with Crippen molar-refractivity contribution in [3.8, 4) is 0 Å². The van der Waals surface area contributed by atoms with Crippen molar-refractivity contribution in [1.29, 1.82) is 0 Å². The molecule has 0 saturated carbocycles. The summed E-state index contributed by atoms with van der Waals surface area (Å²) in [5.41, 5.74) is 8.55. The molecular formula is C23H24N4O2S. The average Bonchev–Trinajstić information content (AvgIpc) is 3.15. The second-order valence-electron chi connectivity index (χ2n) is 7.15. The van der Waals surface area contributed by atoms with Gasteiger partial charge in [-0.1, -0.05) is 42.5 Å². The molecule has 4 rings (SSSR count). The van der Waals surface area contributed by atoms with E-state index < -0.39 is 10.0 Å². The Kier molecular flexibility index (Phi) is 5.94. The third-order valence-electron chi connectivity index (χ3n) is 5.03. The highest BCUT2D eigenvalue weighted by molar-refractivity contribution is 7.90. The van der Waals surface area contributed by atoms with Crippen LogP contribution in [0.2, 0.25) is 0 Å². The van der Waals surface area contributed by atoms with Crippen LogP contribution >= 0.6 is 0 Å².